The zero-order valence-electron chi connectivity index (χ0n) is 10.3. The molecule has 0 atom stereocenters. The Balaban J connectivity index is 2.11. The fraction of sp³-hybridized carbons (Fsp3) is 0.0667. The van der Waals surface area contributed by atoms with Gasteiger partial charge in [-0.25, -0.2) is 0 Å². The Morgan fingerprint density at radius 1 is 1.15 bits per heavy atom. The molecule has 0 heterocycles. The fourth-order valence-electron chi connectivity index (χ4n) is 1.60. The molecule has 0 aliphatic carbocycles. The van der Waals surface area contributed by atoms with Gasteiger partial charge in [0.05, 0.1) is 5.56 Å². The molecular formula is C15H9Cl2NO2. The third-order valence-corrected chi connectivity index (χ3v) is 3.04. The Morgan fingerprint density at radius 2 is 1.90 bits per heavy atom. The molecule has 0 saturated heterocycles. The molecule has 0 spiro atoms. The molecule has 0 bridgehead atoms. The van der Waals surface area contributed by atoms with Crippen molar-refractivity contribution in [1.29, 1.82) is 5.26 Å². The van der Waals surface area contributed by atoms with E-state index in [0.717, 1.165) is 0 Å². The summed E-state index contributed by atoms with van der Waals surface area (Å²) in [5.41, 5.74) is 0.784. The molecule has 100 valence electrons. The highest BCUT2D eigenvalue weighted by Gasteiger charge is 2.10. The molecule has 0 aromatic heterocycles. The summed E-state index contributed by atoms with van der Waals surface area (Å²) < 4.78 is 5.37. The summed E-state index contributed by atoms with van der Waals surface area (Å²) >= 11 is 11.7. The van der Waals surface area contributed by atoms with E-state index in [1.54, 1.807) is 36.4 Å². The fourth-order valence-corrected chi connectivity index (χ4v) is 1.95. The van der Waals surface area contributed by atoms with Gasteiger partial charge in [0, 0.05) is 21.7 Å². The number of carbonyl (C=O) groups excluding carboxylic acids is 1. The molecule has 2 aromatic carbocycles. The number of nitriles is 1. The van der Waals surface area contributed by atoms with Crippen LogP contribution in [-0.4, -0.2) is 12.4 Å². The second-order valence-electron chi connectivity index (χ2n) is 3.97. The highest BCUT2D eigenvalue weighted by Crippen LogP contribution is 2.23. The van der Waals surface area contributed by atoms with E-state index in [-0.39, 0.29) is 18.1 Å². The van der Waals surface area contributed by atoms with E-state index in [4.69, 9.17) is 33.2 Å². The molecule has 0 N–H and O–H groups in total. The van der Waals surface area contributed by atoms with Gasteiger partial charge in [0.2, 0.25) is 0 Å². The molecule has 3 nitrogen and oxygen atoms in total. The largest absolute Gasteiger partial charge is 0.484 e. The van der Waals surface area contributed by atoms with Crippen LogP contribution in [0, 0.1) is 11.3 Å². The van der Waals surface area contributed by atoms with Gasteiger partial charge >= 0.3 is 0 Å². The molecule has 20 heavy (non-hydrogen) atoms. The van der Waals surface area contributed by atoms with Gasteiger partial charge in [-0.2, -0.15) is 5.26 Å². The number of carbonyl (C=O) groups is 1. The highest BCUT2D eigenvalue weighted by atomic mass is 35.5. The van der Waals surface area contributed by atoms with Gasteiger partial charge in [-0.05, 0) is 24.3 Å². The number of ether oxygens (including phenoxy) is 1. The first kappa shape index (κ1) is 14.4. The molecule has 0 aliphatic heterocycles. The Morgan fingerprint density at radius 3 is 2.60 bits per heavy atom. The Labute approximate surface area is 126 Å². The van der Waals surface area contributed by atoms with Gasteiger partial charge in [-0.15, -0.1) is 0 Å². The van der Waals surface area contributed by atoms with Crippen LogP contribution in [0.3, 0.4) is 0 Å². The van der Waals surface area contributed by atoms with Crippen LogP contribution >= 0.6 is 23.2 Å². The SMILES string of the molecule is N#Cc1ccc(Cl)cc1OCC(=O)c1cccc(Cl)c1. The average molecular weight is 306 g/mol. The molecule has 0 unspecified atom stereocenters. The summed E-state index contributed by atoms with van der Waals surface area (Å²) in [6.07, 6.45) is 0. The second kappa shape index (κ2) is 6.42. The lowest BCUT2D eigenvalue weighted by Gasteiger charge is -2.07. The number of ketones is 1. The summed E-state index contributed by atoms with van der Waals surface area (Å²) in [5, 5.41) is 9.87. The minimum Gasteiger partial charge on any atom is -0.484 e. The van der Waals surface area contributed by atoms with E-state index in [2.05, 4.69) is 0 Å². The van der Waals surface area contributed by atoms with Crippen molar-refractivity contribution < 1.29 is 9.53 Å². The first-order chi connectivity index (χ1) is 9.60. The lowest BCUT2D eigenvalue weighted by molar-refractivity contribution is 0.0921. The summed E-state index contributed by atoms with van der Waals surface area (Å²) in [4.78, 5) is 12.0. The van der Waals surface area contributed by atoms with Crippen LogP contribution in [0.1, 0.15) is 15.9 Å². The van der Waals surface area contributed by atoms with Crippen molar-refractivity contribution in [2.45, 2.75) is 0 Å². The first-order valence-electron chi connectivity index (χ1n) is 5.71. The maximum Gasteiger partial charge on any atom is 0.200 e. The monoisotopic (exact) mass is 305 g/mol. The van der Waals surface area contributed by atoms with Gasteiger partial charge in [0.15, 0.2) is 12.4 Å². The number of hydrogen-bond acceptors (Lipinski definition) is 3. The zero-order valence-corrected chi connectivity index (χ0v) is 11.8. The van der Waals surface area contributed by atoms with Crippen molar-refractivity contribution in [3.8, 4) is 11.8 Å². The minimum atomic E-state index is -0.226. The summed E-state index contributed by atoms with van der Waals surface area (Å²) in [6, 6.07) is 13.2. The molecular weight excluding hydrogens is 297 g/mol. The van der Waals surface area contributed by atoms with Crippen molar-refractivity contribution in [2.75, 3.05) is 6.61 Å². The van der Waals surface area contributed by atoms with E-state index in [1.165, 1.54) is 6.07 Å². The number of rotatable bonds is 4. The molecule has 0 saturated carbocycles. The summed E-state index contributed by atoms with van der Waals surface area (Å²) in [5.74, 6) is 0.0618. The van der Waals surface area contributed by atoms with E-state index in [1.807, 2.05) is 6.07 Å². The molecule has 0 aliphatic rings. The van der Waals surface area contributed by atoms with E-state index in [0.29, 0.717) is 21.2 Å². The standard InChI is InChI=1S/C15H9Cl2NO2/c16-12-3-1-2-10(6-12)14(19)9-20-15-7-13(17)5-4-11(15)8-18/h1-7H,9H2. The van der Waals surface area contributed by atoms with E-state index < -0.39 is 0 Å². The number of nitrogens with zero attached hydrogens (tertiary/aromatic N) is 1. The molecule has 5 heteroatoms. The lowest BCUT2D eigenvalue weighted by Crippen LogP contribution is -2.12. The Bertz CT molecular complexity index is 693. The predicted molar refractivity (Wildman–Crippen MR) is 77.4 cm³/mol. The predicted octanol–water partition coefficient (Wildman–Crippen LogP) is 4.13. The van der Waals surface area contributed by atoms with Crippen molar-refractivity contribution in [1.82, 2.24) is 0 Å². The van der Waals surface area contributed by atoms with Crippen molar-refractivity contribution in [2.24, 2.45) is 0 Å². The number of benzene rings is 2. The van der Waals surface area contributed by atoms with Gasteiger partial charge in [-0.3, -0.25) is 4.79 Å². The quantitative estimate of drug-likeness (QED) is 0.798. The molecule has 2 rings (SSSR count). The lowest BCUT2D eigenvalue weighted by atomic mass is 10.1. The van der Waals surface area contributed by atoms with Crippen molar-refractivity contribution in [3.05, 3.63) is 63.6 Å². The van der Waals surface area contributed by atoms with Crippen LogP contribution in [0.2, 0.25) is 10.0 Å². The maximum absolute atomic E-state index is 12.0. The van der Waals surface area contributed by atoms with Crippen LogP contribution < -0.4 is 4.74 Å². The van der Waals surface area contributed by atoms with Gasteiger partial charge in [-0.1, -0.05) is 35.3 Å². The van der Waals surface area contributed by atoms with E-state index in [9.17, 15) is 4.79 Å². The number of halogens is 2. The maximum atomic E-state index is 12.0. The van der Waals surface area contributed by atoms with Crippen LogP contribution in [0.25, 0.3) is 0 Å². The van der Waals surface area contributed by atoms with Crippen LogP contribution in [0.5, 0.6) is 5.75 Å². The topological polar surface area (TPSA) is 50.1 Å². The average Bonchev–Trinajstić information content (AvgIpc) is 2.45. The van der Waals surface area contributed by atoms with Crippen LogP contribution in [0.4, 0.5) is 0 Å². The third-order valence-electron chi connectivity index (χ3n) is 2.57. The van der Waals surface area contributed by atoms with Crippen LogP contribution in [0.15, 0.2) is 42.5 Å². The van der Waals surface area contributed by atoms with Gasteiger partial charge in [0.25, 0.3) is 0 Å². The number of hydrogen-bond donors (Lipinski definition) is 0. The van der Waals surface area contributed by atoms with E-state index >= 15 is 0 Å². The summed E-state index contributed by atoms with van der Waals surface area (Å²) in [6.45, 7) is -0.185. The smallest absolute Gasteiger partial charge is 0.200 e. The first-order valence-corrected chi connectivity index (χ1v) is 6.47. The second-order valence-corrected chi connectivity index (χ2v) is 4.85. The van der Waals surface area contributed by atoms with Crippen molar-refractivity contribution >= 4 is 29.0 Å². The van der Waals surface area contributed by atoms with Crippen molar-refractivity contribution in [3.63, 3.8) is 0 Å². The normalized spacial score (nSPS) is 9.85. The molecule has 0 radical (unpaired) electrons. The highest BCUT2D eigenvalue weighted by molar-refractivity contribution is 6.31. The molecule has 0 amide bonds. The summed E-state index contributed by atoms with van der Waals surface area (Å²) in [7, 11) is 0. The Kier molecular flexibility index (Phi) is 4.62. The minimum absolute atomic E-state index is 0.185. The zero-order chi connectivity index (χ0) is 14.5. The Hall–Kier alpha value is -2.02. The molecule has 0 fully saturated rings. The van der Waals surface area contributed by atoms with Gasteiger partial charge < -0.3 is 4.74 Å². The van der Waals surface area contributed by atoms with Crippen LogP contribution in [-0.2, 0) is 0 Å². The molecule has 2 aromatic rings. The number of Topliss-reactive ketones (excluding diaryl/α,β-unsaturated/α-hetero) is 1. The van der Waals surface area contributed by atoms with Gasteiger partial charge in [0.1, 0.15) is 11.8 Å². The third kappa shape index (κ3) is 3.51.